The summed E-state index contributed by atoms with van der Waals surface area (Å²) in [4.78, 5) is 4.53. The molecule has 0 bridgehead atoms. The first-order valence-corrected chi connectivity index (χ1v) is 6.25. The molecule has 0 spiro atoms. The Balaban J connectivity index is 2.53. The van der Waals surface area contributed by atoms with Crippen LogP contribution in [0, 0.1) is 20.8 Å². The Morgan fingerprint density at radius 1 is 1.17 bits per heavy atom. The van der Waals surface area contributed by atoms with Crippen LogP contribution in [0.25, 0.3) is 11.3 Å². The van der Waals surface area contributed by atoms with Gasteiger partial charge in [-0.2, -0.15) is 0 Å². The van der Waals surface area contributed by atoms with Gasteiger partial charge >= 0.3 is 0 Å². The molecule has 18 heavy (non-hydrogen) atoms. The van der Waals surface area contributed by atoms with E-state index >= 15 is 0 Å². The molecular formula is C15H20N2O. The van der Waals surface area contributed by atoms with Gasteiger partial charge in [-0.25, -0.2) is 4.98 Å². The van der Waals surface area contributed by atoms with Crippen LogP contribution in [-0.2, 0) is 13.5 Å². The topological polar surface area (TPSA) is 38.1 Å². The minimum atomic E-state index is 0.136. The summed E-state index contributed by atoms with van der Waals surface area (Å²) in [6, 6.07) is 6.47. The van der Waals surface area contributed by atoms with Crippen LogP contribution in [0.3, 0.4) is 0 Å². The van der Waals surface area contributed by atoms with E-state index in [1.807, 2.05) is 14.0 Å². The molecule has 96 valence electrons. The number of aromatic nitrogens is 2. The van der Waals surface area contributed by atoms with Gasteiger partial charge in [-0.05, 0) is 38.0 Å². The van der Waals surface area contributed by atoms with Gasteiger partial charge in [0.25, 0.3) is 0 Å². The van der Waals surface area contributed by atoms with Crippen LogP contribution >= 0.6 is 0 Å². The molecule has 0 aliphatic carbocycles. The van der Waals surface area contributed by atoms with Crippen LogP contribution < -0.4 is 0 Å². The Bertz CT molecular complexity index is 570. The highest BCUT2D eigenvalue weighted by atomic mass is 16.3. The summed E-state index contributed by atoms with van der Waals surface area (Å²) in [7, 11) is 2.01. The molecule has 0 aliphatic rings. The van der Waals surface area contributed by atoms with E-state index in [1.165, 1.54) is 16.7 Å². The standard InChI is InChI=1S/C15H20N2O/c1-10-5-6-13(9-11(10)2)15-12(3)16-14(7-8-18)17(15)4/h5-6,9,18H,7-8H2,1-4H3. The molecule has 1 aromatic carbocycles. The van der Waals surface area contributed by atoms with Crippen molar-refractivity contribution in [3.63, 3.8) is 0 Å². The van der Waals surface area contributed by atoms with Crippen molar-refractivity contribution in [3.8, 4) is 11.3 Å². The maximum absolute atomic E-state index is 9.04. The molecule has 3 nitrogen and oxygen atoms in total. The lowest BCUT2D eigenvalue weighted by molar-refractivity contribution is 0.295. The fraction of sp³-hybridized carbons (Fsp3) is 0.400. The molecule has 1 aromatic heterocycles. The molecule has 0 aliphatic heterocycles. The number of aliphatic hydroxyl groups excluding tert-OH is 1. The quantitative estimate of drug-likeness (QED) is 0.901. The number of rotatable bonds is 3. The Labute approximate surface area is 108 Å². The molecule has 0 saturated heterocycles. The van der Waals surface area contributed by atoms with Crippen molar-refractivity contribution in [1.82, 2.24) is 9.55 Å². The van der Waals surface area contributed by atoms with Crippen molar-refractivity contribution in [2.24, 2.45) is 7.05 Å². The van der Waals surface area contributed by atoms with Gasteiger partial charge in [0.05, 0.1) is 18.0 Å². The van der Waals surface area contributed by atoms with Crippen molar-refractivity contribution >= 4 is 0 Å². The summed E-state index contributed by atoms with van der Waals surface area (Å²) in [6.45, 7) is 6.40. The first-order valence-electron chi connectivity index (χ1n) is 6.25. The van der Waals surface area contributed by atoms with E-state index in [0.717, 1.165) is 17.2 Å². The van der Waals surface area contributed by atoms with Gasteiger partial charge < -0.3 is 9.67 Å². The zero-order chi connectivity index (χ0) is 13.3. The van der Waals surface area contributed by atoms with Crippen molar-refractivity contribution in [2.45, 2.75) is 27.2 Å². The minimum absolute atomic E-state index is 0.136. The first-order chi connectivity index (χ1) is 8.54. The van der Waals surface area contributed by atoms with E-state index < -0.39 is 0 Å². The zero-order valence-electron chi connectivity index (χ0n) is 11.5. The molecule has 3 heteroatoms. The summed E-state index contributed by atoms with van der Waals surface area (Å²) >= 11 is 0. The monoisotopic (exact) mass is 244 g/mol. The molecule has 1 N–H and O–H groups in total. The largest absolute Gasteiger partial charge is 0.396 e. The van der Waals surface area contributed by atoms with Crippen LogP contribution in [-0.4, -0.2) is 21.3 Å². The molecule has 0 unspecified atom stereocenters. The summed E-state index contributed by atoms with van der Waals surface area (Å²) in [6.07, 6.45) is 0.599. The summed E-state index contributed by atoms with van der Waals surface area (Å²) < 4.78 is 2.08. The van der Waals surface area contributed by atoms with Gasteiger partial charge in [0.2, 0.25) is 0 Å². The summed E-state index contributed by atoms with van der Waals surface area (Å²) in [5, 5.41) is 9.04. The molecule has 0 saturated carbocycles. The second-order valence-electron chi connectivity index (χ2n) is 4.79. The van der Waals surface area contributed by atoms with Gasteiger partial charge in [-0.3, -0.25) is 0 Å². The van der Waals surface area contributed by atoms with Gasteiger partial charge in [0.1, 0.15) is 5.82 Å². The second kappa shape index (κ2) is 4.94. The van der Waals surface area contributed by atoms with Crippen LogP contribution in [0.5, 0.6) is 0 Å². The Kier molecular flexibility index (Phi) is 3.53. The molecule has 0 atom stereocenters. The highest BCUT2D eigenvalue weighted by molar-refractivity contribution is 5.64. The van der Waals surface area contributed by atoms with Crippen molar-refractivity contribution in [3.05, 3.63) is 40.8 Å². The van der Waals surface area contributed by atoms with Crippen LogP contribution in [0.15, 0.2) is 18.2 Å². The molecule has 2 aromatic rings. The van der Waals surface area contributed by atoms with E-state index in [-0.39, 0.29) is 6.61 Å². The van der Waals surface area contributed by atoms with E-state index in [1.54, 1.807) is 0 Å². The lowest BCUT2D eigenvalue weighted by atomic mass is 10.0. The number of hydrogen-bond donors (Lipinski definition) is 1. The maximum Gasteiger partial charge on any atom is 0.111 e. The zero-order valence-corrected chi connectivity index (χ0v) is 11.5. The number of benzene rings is 1. The van der Waals surface area contributed by atoms with E-state index in [0.29, 0.717) is 6.42 Å². The Morgan fingerprint density at radius 3 is 2.50 bits per heavy atom. The summed E-state index contributed by atoms with van der Waals surface area (Å²) in [5.41, 5.74) is 5.94. The number of hydrogen-bond acceptors (Lipinski definition) is 2. The third-order valence-corrected chi connectivity index (χ3v) is 3.48. The smallest absolute Gasteiger partial charge is 0.111 e. The predicted molar refractivity (Wildman–Crippen MR) is 73.6 cm³/mol. The molecular weight excluding hydrogens is 224 g/mol. The SMILES string of the molecule is Cc1ccc(-c2c(C)nc(CCO)n2C)cc1C. The van der Waals surface area contributed by atoms with Gasteiger partial charge in [-0.1, -0.05) is 12.1 Å². The van der Waals surface area contributed by atoms with E-state index in [2.05, 4.69) is 41.6 Å². The third kappa shape index (κ3) is 2.18. The fourth-order valence-corrected chi connectivity index (χ4v) is 2.31. The van der Waals surface area contributed by atoms with Crippen LogP contribution in [0.1, 0.15) is 22.6 Å². The molecule has 0 fully saturated rings. The maximum atomic E-state index is 9.04. The lowest BCUT2D eigenvalue weighted by Gasteiger charge is -2.08. The summed E-state index contributed by atoms with van der Waals surface area (Å²) in [5.74, 6) is 0.934. The van der Waals surface area contributed by atoms with Crippen molar-refractivity contribution in [1.29, 1.82) is 0 Å². The lowest BCUT2D eigenvalue weighted by Crippen LogP contribution is -2.02. The number of nitrogens with zero attached hydrogens (tertiary/aromatic N) is 2. The average molecular weight is 244 g/mol. The number of aryl methyl sites for hydroxylation is 3. The predicted octanol–water partition coefficient (Wildman–Crippen LogP) is 2.55. The highest BCUT2D eigenvalue weighted by Gasteiger charge is 2.13. The second-order valence-corrected chi connectivity index (χ2v) is 4.79. The third-order valence-electron chi connectivity index (χ3n) is 3.48. The van der Waals surface area contributed by atoms with Gasteiger partial charge in [0.15, 0.2) is 0 Å². The highest BCUT2D eigenvalue weighted by Crippen LogP contribution is 2.26. The van der Waals surface area contributed by atoms with Crippen LogP contribution in [0.4, 0.5) is 0 Å². The normalized spacial score (nSPS) is 10.9. The molecule has 2 rings (SSSR count). The first kappa shape index (κ1) is 12.8. The minimum Gasteiger partial charge on any atom is -0.396 e. The van der Waals surface area contributed by atoms with Crippen molar-refractivity contribution < 1.29 is 5.11 Å². The van der Waals surface area contributed by atoms with Gasteiger partial charge in [0, 0.05) is 19.0 Å². The molecule has 0 amide bonds. The molecule has 0 radical (unpaired) electrons. The fourth-order valence-electron chi connectivity index (χ4n) is 2.31. The van der Waals surface area contributed by atoms with Crippen molar-refractivity contribution in [2.75, 3.05) is 6.61 Å². The van der Waals surface area contributed by atoms with E-state index in [9.17, 15) is 0 Å². The Morgan fingerprint density at radius 2 is 1.89 bits per heavy atom. The average Bonchev–Trinajstić information content (AvgIpc) is 2.59. The van der Waals surface area contributed by atoms with Crippen LogP contribution in [0.2, 0.25) is 0 Å². The Hall–Kier alpha value is -1.61. The number of aliphatic hydroxyl groups is 1. The van der Waals surface area contributed by atoms with E-state index in [4.69, 9.17) is 5.11 Å². The molecule has 1 heterocycles. The number of imidazole rings is 1. The van der Waals surface area contributed by atoms with Gasteiger partial charge in [-0.15, -0.1) is 0 Å².